The number of H-pyrrole nitrogens is 1. The van der Waals surface area contributed by atoms with Gasteiger partial charge >= 0.3 is 11.7 Å². The molecule has 1 aliphatic rings. The minimum absolute atomic E-state index is 0.00776. The summed E-state index contributed by atoms with van der Waals surface area (Å²) in [6.07, 6.45) is 7.99. The number of allylic oxidation sites excluding steroid dienone is 4. The van der Waals surface area contributed by atoms with Gasteiger partial charge in [0.25, 0.3) is 17.4 Å². The van der Waals surface area contributed by atoms with Crippen molar-refractivity contribution in [3.05, 3.63) is 140 Å². The molecule has 6 amide bonds. The molecule has 0 bridgehead atoms. The number of anilines is 1. The maximum atomic E-state index is 13.4. The number of benzene rings is 2. The van der Waals surface area contributed by atoms with Crippen LogP contribution in [0.4, 0.5) is 10.5 Å². The van der Waals surface area contributed by atoms with E-state index in [9.17, 15) is 38.7 Å². The van der Waals surface area contributed by atoms with Gasteiger partial charge in [0.2, 0.25) is 17.7 Å². The molecule has 3 heterocycles. The molecule has 0 radical (unpaired) electrons. The van der Waals surface area contributed by atoms with Crippen LogP contribution in [0.15, 0.2) is 106 Å². The van der Waals surface area contributed by atoms with Crippen LogP contribution >= 0.6 is 0 Å². The van der Waals surface area contributed by atoms with Gasteiger partial charge in [-0.25, -0.2) is 19.1 Å². The highest BCUT2D eigenvalue weighted by atomic mass is 16.3. The molecule has 0 spiro atoms. The van der Waals surface area contributed by atoms with Crippen molar-refractivity contribution in [3.8, 4) is 11.6 Å². The van der Waals surface area contributed by atoms with Gasteiger partial charge in [-0.2, -0.15) is 0 Å². The van der Waals surface area contributed by atoms with E-state index in [1.807, 2.05) is 0 Å². The number of urea groups is 1. The lowest BCUT2D eigenvalue weighted by molar-refractivity contribution is -0.122. The summed E-state index contributed by atoms with van der Waals surface area (Å²) in [5.41, 5.74) is 8.85. The number of hydrogen-bond donors (Lipinski definition) is 5. The Morgan fingerprint density at radius 2 is 1.45 bits per heavy atom. The zero-order valence-corrected chi connectivity index (χ0v) is 24.0. The van der Waals surface area contributed by atoms with Gasteiger partial charge in [0.15, 0.2) is 0 Å². The number of carbonyl (C=O) groups is 5. The average molecular weight is 634 g/mol. The Hall–Kier alpha value is -7.16. The van der Waals surface area contributed by atoms with E-state index in [0.29, 0.717) is 16.0 Å². The number of aromatic hydroxyl groups is 1. The minimum Gasteiger partial charge on any atom is -0.494 e. The predicted octanol–water partition coefficient (Wildman–Crippen LogP) is 1.13. The zero-order valence-electron chi connectivity index (χ0n) is 24.0. The van der Waals surface area contributed by atoms with Gasteiger partial charge in [-0.1, -0.05) is 24.3 Å². The molecule has 2 aromatic heterocycles. The lowest BCUT2D eigenvalue weighted by Gasteiger charge is -2.26. The molecule has 15 nitrogen and oxygen atoms in total. The maximum absolute atomic E-state index is 13.4. The molecule has 0 saturated carbocycles. The monoisotopic (exact) mass is 633 g/mol. The second-order valence-corrected chi connectivity index (χ2v) is 9.83. The highest BCUT2D eigenvalue weighted by Gasteiger charge is 2.36. The standard InChI is InChI=1S/C32H23N7O8/c33-25(40)19-3-1-5-21(15-19)38-29(44)23(27(42)36-31(38)46)9-7-17(18-11-13-35-14-12-18)8-10-24-28(43)37-32(47)39(30(24)45)22-6-2-4-20(16-22)26(34)41/h1-16,44H,(H2,33,40)(H2,34,41)(H,36,42,46)(H,37,43,47). The maximum Gasteiger partial charge on any atom is 0.335 e. The van der Waals surface area contributed by atoms with Gasteiger partial charge in [-0.15, -0.1) is 0 Å². The number of nitrogens with one attached hydrogen (secondary N) is 2. The van der Waals surface area contributed by atoms with Crippen LogP contribution in [0.2, 0.25) is 0 Å². The molecule has 0 atom stereocenters. The fraction of sp³-hybridized carbons (Fsp3) is 0. The molecule has 234 valence electrons. The van der Waals surface area contributed by atoms with Crippen molar-refractivity contribution >= 4 is 47.0 Å². The number of rotatable bonds is 8. The molecule has 4 aromatic rings. The smallest absolute Gasteiger partial charge is 0.335 e. The van der Waals surface area contributed by atoms with E-state index >= 15 is 0 Å². The van der Waals surface area contributed by atoms with Crippen LogP contribution in [0, 0.1) is 0 Å². The number of imide groups is 2. The van der Waals surface area contributed by atoms with Crippen LogP contribution < -0.4 is 32.9 Å². The molecule has 47 heavy (non-hydrogen) atoms. The minimum atomic E-state index is -1.04. The van der Waals surface area contributed by atoms with Gasteiger partial charge in [-0.3, -0.25) is 39.3 Å². The van der Waals surface area contributed by atoms with Crippen LogP contribution in [-0.4, -0.2) is 49.3 Å². The Kier molecular flexibility index (Phi) is 8.54. The SMILES string of the molecule is NC(=O)c1cccc(N2C(=O)NC(=O)C(=CC=C(C=Cc3c(O)n(-c4cccc(C(N)=O)c4)c(=O)[nH]c3=O)c3ccncc3)C2=O)c1. The highest BCUT2D eigenvalue weighted by molar-refractivity contribution is 6.37. The van der Waals surface area contributed by atoms with Crippen molar-refractivity contribution < 1.29 is 29.1 Å². The van der Waals surface area contributed by atoms with Crippen molar-refractivity contribution in [2.45, 2.75) is 0 Å². The first-order valence-corrected chi connectivity index (χ1v) is 13.5. The number of aromatic amines is 1. The first-order valence-electron chi connectivity index (χ1n) is 13.5. The van der Waals surface area contributed by atoms with Crippen molar-refractivity contribution in [2.75, 3.05) is 4.90 Å². The first-order chi connectivity index (χ1) is 22.5. The zero-order chi connectivity index (χ0) is 33.8. The number of pyridine rings is 1. The summed E-state index contributed by atoms with van der Waals surface area (Å²) in [6, 6.07) is 13.1. The predicted molar refractivity (Wildman–Crippen MR) is 168 cm³/mol. The Morgan fingerprint density at radius 1 is 0.830 bits per heavy atom. The molecule has 1 aliphatic heterocycles. The summed E-state index contributed by atoms with van der Waals surface area (Å²) in [7, 11) is 0. The third-order valence-electron chi connectivity index (χ3n) is 6.87. The summed E-state index contributed by atoms with van der Waals surface area (Å²) < 4.78 is 0.773. The van der Waals surface area contributed by atoms with Crippen molar-refractivity contribution in [2.24, 2.45) is 11.5 Å². The second-order valence-electron chi connectivity index (χ2n) is 9.83. The van der Waals surface area contributed by atoms with Gasteiger partial charge in [0, 0.05) is 23.5 Å². The van der Waals surface area contributed by atoms with Crippen LogP contribution in [0.5, 0.6) is 5.88 Å². The number of hydrogen-bond acceptors (Lipinski definition) is 9. The molecular formula is C32H23N7O8. The number of carbonyl (C=O) groups excluding carboxylic acids is 5. The molecular weight excluding hydrogens is 610 g/mol. The second kappa shape index (κ2) is 12.8. The van der Waals surface area contributed by atoms with Gasteiger partial charge in [0.1, 0.15) is 11.1 Å². The molecule has 1 saturated heterocycles. The lowest BCUT2D eigenvalue weighted by atomic mass is 10.0. The van der Waals surface area contributed by atoms with Crippen molar-refractivity contribution in [3.63, 3.8) is 0 Å². The molecule has 2 aromatic carbocycles. The molecule has 0 unspecified atom stereocenters. The van der Waals surface area contributed by atoms with Crippen LogP contribution in [0.3, 0.4) is 0 Å². The third kappa shape index (κ3) is 6.39. The van der Waals surface area contributed by atoms with Crippen LogP contribution in [0.1, 0.15) is 31.8 Å². The molecule has 5 rings (SSSR count). The number of amides is 6. The summed E-state index contributed by atoms with van der Waals surface area (Å²) in [4.78, 5) is 94.2. The van der Waals surface area contributed by atoms with E-state index in [1.54, 1.807) is 12.1 Å². The number of primary amides is 2. The summed E-state index contributed by atoms with van der Waals surface area (Å²) in [5, 5.41) is 13.1. The van der Waals surface area contributed by atoms with E-state index in [2.05, 4.69) is 15.3 Å². The fourth-order valence-electron chi connectivity index (χ4n) is 4.58. The van der Waals surface area contributed by atoms with E-state index in [4.69, 9.17) is 11.5 Å². The van der Waals surface area contributed by atoms with Gasteiger partial charge < -0.3 is 16.6 Å². The summed E-state index contributed by atoms with van der Waals surface area (Å²) in [5.74, 6) is -4.30. The van der Waals surface area contributed by atoms with E-state index in [0.717, 1.165) is 10.6 Å². The Labute approximate surface area is 263 Å². The Bertz CT molecular complexity index is 2200. The van der Waals surface area contributed by atoms with E-state index < -0.39 is 52.4 Å². The lowest BCUT2D eigenvalue weighted by Crippen LogP contribution is -2.54. The van der Waals surface area contributed by atoms with E-state index in [-0.39, 0.29) is 28.1 Å². The molecule has 1 fully saturated rings. The Balaban J connectivity index is 1.58. The fourth-order valence-corrected chi connectivity index (χ4v) is 4.58. The molecule has 7 N–H and O–H groups in total. The van der Waals surface area contributed by atoms with Gasteiger partial charge in [-0.05, 0) is 71.8 Å². The summed E-state index contributed by atoms with van der Waals surface area (Å²) >= 11 is 0. The highest BCUT2D eigenvalue weighted by Crippen LogP contribution is 2.24. The molecule has 15 heteroatoms. The van der Waals surface area contributed by atoms with Crippen molar-refractivity contribution in [1.29, 1.82) is 0 Å². The topological polar surface area (TPSA) is 241 Å². The normalized spacial score (nSPS) is 14.5. The quantitative estimate of drug-likeness (QED) is 0.106. The summed E-state index contributed by atoms with van der Waals surface area (Å²) in [6.45, 7) is 0. The largest absolute Gasteiger partial charge is 0.494 e. The number of nitrogens with zero attached hydrogens (tertiary/aromatic N) is 3. The first kappa shape index (κ1) is 31.3. The number of barbiturate groups is 1. The van der Waals surface area contributed by atoms with Crippen LogP contribution in [-0.2, 0) is 9.59 Å². The Morgan fingerprint density at radius 3 is 2.09 bits per heavy atom. The van der Waals surface area contributed by atoms with Crippen molar-refractivity contribution in [1.82, 2.24) is 19.9 Å². The third-order valence-corrected chi connectivity index (χ3v) is 6.87. The van der Waals surface area contributed by atoms with Gasteiger partial charge in [0.05, 0.1) is 11.4 Å². The number of nitrogens with two attached hydrogens (primary N) is 2. The van der Waals surface area contributed by atoms with E-state index in [1.165, 1.54) is 79.2 Å². The van der Waals surface area contributed by atoms with Crippen LogP contribution in [0.25, 0.3) is 17.3 Å². The molecule has 0 aliphatic carbocycles. The average Bonchev–Trinajstić information content (AvgIpc) is 3.04. The number of aromatic nitrogens is 3.